The Morgan fingerprint density at radius 2 is 1.00 bits per heavy atom. The van der Waals surface area contributed by atoms with Crippen molar-refractivity contribution in [2.75, 3.05) is 39.5 Å². The van der Waals surface area contributed by atoms with E-state index in [9.17, 15) is 19.2 Å². The summed E-state index contributed by atoms with van der Waals surface area (Å²) < 4.78 is 10.8. The fourth-order valence-electron chi connectivity index (χ4n) is 3.90. The topological polar surface area (TPSA) is 93.2 Å². The molecule has 0 N–H and O–H groups in total. The Kier molecular flexibility index (Phi) is 16.7. The standard InChI is InChI=1S/C20H32N2O6.2C2H6/c1-15(23)17-5-3-9-21(17)19(25)7-11-27-13-14-28-12-8-20(26)22-10-4-6-18(22)16(2)24;2*1-2/h17-18H,3-14H2,1-2H3;2*1-2H3. The van der Waals surface area contributed by atoms with Crippen LogP contribution in [0.25, 0.3) is 0 Å². The minimum absolute atomic E-state index is 0.0401. The summed E-state index contributed by atoms with van der Waals surface area (Å²) >= 11 is 0. The molecular formula is C24H44N2O6. The zero-order valence-corrected chi connectivity index (χ0v) is 21.0. The summed E-state index contributed by atoms with van der Waals surface area (Å²) in [6, 6.07) is -0.543. The van der Waals surface area contributed by atoms with Crippen LogP contribution in [0.15, 0.2) is 0 Å². The Hall–Kier alpha value is -1.80. The molecule has 2 amide bonds. The van der Waals surface area contributed by atoms with Crippen LogP contribution in [-0.2, 0) is 28.7 Å². The summed E-state index contributed by atoms with van der Waals surface area (Å²) in [5.74, 6) is -0.0127. The number of rotatable bonds is 11. The van der Waals surface area contributed by atoms with Gasteiger partial charge in [-0.25, -0.2) is 0 Å². The van der Waals surface area contributed by atoms with Crippen LogP contribution >= 0.6 is 0 Å². The van der Waals surface area contributed by atoms with Gasteiger partial charge in [-0.15, -0.1) is 0 Å². The molecule has 186 valence electrons. The number of hydrogen-bond donors (Lipinski definition) is 0. The number of likely N-dealkylation sites (tertiary alicyclic amines) is 2. The van der Waals surface area contributed by atoms with Gasteiger partial charge < -0.3 is 19.3 Å². The van der Waals surface area contributed by atoms with Crippen LogP contribution in [0.4, 0.5) is 0 Å². The van der Waals surface area contributed by atoms with Crippen molar-refractivity contribution < 1.29 is 28.7 Å². The molecule has 2 unspecified atom stereocenters. The average Bonchev–Trinajstić information content (AvgIpc) is 3.48. The number of amides is 2. The van der Waals surface area contributed by atoms with Crippen molar-refractivity contribution >= 4 is 23.4 Å². The van der Waals surface area contributed by atoms with Crippen molar-refractivity contribution in [3.05, 3.63) is 0 Å². The lowest BCUT2D eigenvalue weighted by Crippen LogP contribution is -2.40. The van der Waals surface area contributed by atoms with E-state index < -0.39 is 0 Å². The quantitative estimate of drug-likeness (QED) is 0.444. The lowest BCUT2D eigenvalue weighted by Gasteiger charge is -2.22. The van der Waals surface area contributed by atoms with Crippen molar-refractivity contribution in [3.8, 4) is 0 Å². The van der Waals surface area contributed by atoms with Crippen molar-refractivity contribution in [3.63, 3.8) is 0 Å². The van der Waals surface area contributed by atoms with E-state index in [1.165, 1.54) is 13.8 Å². The number of ether oxygens (including phenoxy) is 2. The highest BCUT2D eigenvalue weighted by molar-refractivity contribution is 5.88. The van der Waals surface area contributed by atoms with E-state index >= 15 is 0 Å². The third kappa shape index (κ3) is 10.2. The summed E-state index contributed by atoms with van der Waals surface area (Å²) in [6.45, 7) is 13.6. The van der Waals surface area contributed by atoms with Crippen molar-refractivity contribution in [1.29, 1.82) is 0 Å². The number of Topliss-reactive ketones (excluding diaryl/α,β-unsaturated/α-hetero) is 2. The summed E-state index contributed by atoms with van der Waals surface area (Å²) in [5.41, 5.74) is 0. The van der Waals surface area contributed by atoms with Crippen LogP contribution in [0, 0.1) is 0 Å². The zero-order chi connectivity index (χ0) is 24.5. The number of carbonyl (C=O) groups excluding carboxylic acids is 4. The highest BCUT2D eigenvalue weighted by atomic mass is 16.5. The molecule has 2 fully saturated rings. The monoisotopic (exact) mass is 456 g/mol. The third-order valence-electron chi connectivity index (χ3n) is 5.38. The van der Waals surface area contributed by atoms with E-state index in [0.29, 0.717) is 26.3 Å². The SMILES string of the molecule is CC.CC.CC(=O)C1CCCN1C(=O)CCOCCOCCC(=O)N1CCCC1C(C)=O. The van der Waals surface area contributed by atoms with Gasteiger partial charge in [0, 0.05) is 13.1 Å². The van der Waals surface area contributed by atoms with Crippen molar-refractivity contribution in [2.24, 2.45) is 0 Å². The molecule has 0 radical (unpaired) electrons. The van der Waals surface area contributed by atoms with Crippen LogP contribution in [-0.4, -0.2) is 84.8 Å². The first kappa shape index (κ1) is 30.2. The van der Waals surface area contributed by atoms with Crippen LogP contribution in [0.3, 0.4) is 0 Å². The number of nitrogens with zero attached hydrogens (tertiary/aromatic N) is 2. The van der Waals surface area contributed by atoms with Gasteiger partial charge in [0.05, 0.1) is 51.4 Å². The summed E-state index contributed by atoms with van der Waals surface area (Å²) in [6.07, 6.45) is 3.74. The largest absolute Gasteiger partial charge is 0.379 e. The molecule has 2 saturated heterocycles. The molecule has 2 rings (SSSR count). The molecule has 0 aromatic rings. The Bertz CT molecular complexity index is 531. The average molecular weight is 457 g/mol. The molecule has 2 heterocycles. The second-order valence-corrected chi connectivity index (χ2v) is 7.44. The summed E-state index contributed by atoms with van der Waals surface area (Å²) in [5, 5.41) is 0. The van der Waals surface area contributed by atoms with Crippen LogP contribution in [0.5, 0.6) is 0 Å². The van der Waals surface area contributed by atoms with Crippen LogP contribution in [0.2, 0.25) is 0 Å². The Morgan fingerprint density at radius 1 is 0.656 bits per heavy atom. The Balaban J connectivity index is 0.00000227. The molecule has 0 saturated carbocycles. The van der Waals surface area contributed by atoms with E-state index in [1.54, 1.807) is 9.80 Å². The fraction of sp³-hybridized carbons (Fsp3) is 0.833. The molecule has 0 spiro atoms. The smallest absolute Gasteiger partial charge is 0.225 e. The van der Waals surface area contributed by atoms with Crippen molar-refractivity contribution in [2.45, 2.75) is 92.2 Å². The van der Waals surface area contributed by atoms with E-state index in [0.717, 1.165) is 25.7 Å². The summed E-state index contributed by atoms with van der Waals surface area (Å²) in [7, 11) is 0. The molecule has 0 aromatic heterocycles. The molecule has 8 nitrogen and oxygen atoms in total. The lowest BCUT2D eigenvalue weighted by molar-refractivity contribution is -0.138. The first-order chi connectivity index (χ1) is 15.4. The molecule has 2 aliphatic heterocycles. The number of ketones is 2. The second kappa shape index (κ2) is 17.7. The van der Waals surface area contributed by atoms with Gasteiger partial charge in [0.2, 0.25) is 11.8 Å². The molecule has 0 bridgehead atoms. The lowest BCUT2D eigenvalue weighted by atomic mass is 10.1. The van der Waals surface area contributed by atoms with Gasteiger partial charge in [0.15, 0.2) is 11.6 Å². The van der Waals surface area contributed by atoms with Gasteiger partial charge in [0.1, 0.15) is 0 Å². The molecule has 0 aliphatic carbocycles. The highest BCUT2D eigenvalue weighted by Gasteiger charge is 2.32. The van der Waals surface area contributed by atoms with Gasteiger partial charge in [-0.1, -0.05) is 27.7 Å². The van der Waals surface area contributed by atoms with Gasteiger partial charge in [-0.3, -0.25) is 19.2 Å². The second-order valence-electron chi connectivity index (χ2n) is 7.44. The maximum absolute atomic E-state index is 12.2. The molecule has 0 aromatic carbocycles. The highest BCUT2D eigenvalue weighted by Crippen LogP contribution is 2.19. The van der Waals surface area contributed by atoms with Crippen LogP contribution < -0.4 is 0 Å². The third-order valence-corrected chi connectivity index (χ3v) is 5.38. The maximum atomic E-state index is 12.2. The Morgan fingerprint density at radius 3 is 1.31 bits per heavy atom. The first-order valence-electron chi connectivity index (χ1n) is 12.2. The minimum atomic E-state index is -0.272. The molecule has 2 atom stereocenters. The van der Waals surface area contributed by atoms with E-state index in [4.69, 9.17) is 9.47 Å². The first-order valence-corrected chi connectivity index (χ1v) is 12.2. The van der Waals surface area contributed by atoms with E-state index in [2.05, 4.69) is 0 Å². The Labute approximate surface area is 194 Å². The van der Waals surface area contributed by atoms with E-state index in [-0.39, 0.29) is 61.5 Å². The van der Waals surface area contributed by atoms with Crippen molar-refractivity contribution in [1.82, 2.24) is 9.80 Å². The molecular weight excluding hydrogens is 412 g/mol. The van der Waals surface area contributed by atoms with Gasteiger partial charge in [0.25, 0.3) is 0 Å². The predicted octanol–water partition coefficient (Wildman–Crippen LogP) is 3.01. The minimum Gasteiger partial charge on any atom is -0.379 e. The molecule has 2 aliphatic rings. The molecule has 32 heavy (non-hydrogen) atoms. The predicted molar refractivity (Wildman–Crippen MR) is 124 cm³/mol. The maximum Gasteiger partial charge on any atom is 0.225 e. The molecule has 8 heteroatoms. The fourth-order valence-corrected chi connectivity index (χ4v) is 3.90. The number of hydrogen-bond acceptors (Lipinski definition) is 6. The van der Waals surface area contributed by atoms with Crippen LogP contribution in [0.1, 0.15) is 80.1 Å². The number of carbonyl (C=O) groups is 4. The van der Waals surface area contributed by atoms with Gasteiger partial charge in [-0.05, 0) is 39.5 Å². The van der Waals surface area contributed by atoms with E-state index in [1.807, 2.05) is 27.7 Å². The normalized spacial score (nSPS) is 19.6. The van der Waals surface area contributed by atoms with Gasteiger partial charge >= 0.3 is 0 Å². The van der Waals surface area contributed by atoms with Gasteiger partial charge in [-0.2, -0.15) is 0 Å². The summed E-state index contributed by atoms with van der Waals surface area (Å²) in [4.78, 5) is 50.7. The zero-order valence-electron chi connectivity index (χ0n) is 21.0.